The molecule has 0 aliphatic rings. The summed E-state index contributed by atoms with van der Waals surface area (Å²) in [5.74, 6) is -0.264. The molecule has 0 bridgehead atoms. The molecule has 24 heavy (non-hydrogen) atoms. The van der Waals surface area contributed by atoms with Crippen molar-refractivity contribution in [2.45, 2.75) is 6.04 Å². The molecule has 0 fully saturated rings. The van der Waals surface area contributed by atoms with Gasteiger partial charge in [-0.15, -0.1) is 12.4 Å². The van der Waals surface area contributed by atoms with Crippen molar-refractivity contribution in [1.82, 2.24) is 9.80 Å². The average molecular weight is 374 g/mol. The second-order valence-electron chi connectivity index (χ2n) is 4.64. The molecule has 0 aliphatic carbocycles. The lowest BCUT2D eigenvalue weighted by Crippen LogP contribution is -2.52. The normalized spacial score (nSPS) is 11.8. The largest absolute Gasteiger partial charge is 0.480 e. The van der Waals surface area contributed by atoms with E-state index in [1.165, 1.54) is 0 Å². The molecule has 0 amide bonds. The summed E-state index contributed by atoms with van der Waals surface area (Å²) < 4.78 is 0. The van der Waals surface area contributed by atoms with Crippen molar-refractivity contribution in [1.29, 1.82) is 0 Å². The number of aliphatic carboxylic acids is 4. The zero-order valence-electron chi connectivity index (χ0n) is 12.5. The molecule has 6 N–H and O–H groups in total. The van der Waals surface area contributed by atoms with Gasteiger partial charge in [0, 0.05) is 12.6 Å². The molecule has 0 aromatic carbocycles. The number of nitrogens with zero attached hydrogens (tertiary/aromatic N) is 2. The van der Waals surface area contributed by atoms with Gasteiger partial charge >= 0.3 is 23.9 Å². The monoisotopic (exact) mass is 373 g/mol. The van der Waals surface area contributed by atoms with E-state index in [1.807, 2.05) is 0 Å². The number of rotatable bonds is 13. The first-order valence-electron chi connectivity index (χ1n) is 6.31. The quantitative estimate of drug-likeness (QED) is 0.215. The number of carbonyl (C=O) groups is 4. The third kappa shape index (κ3) is 11.6. The van der Waals surface area contributed by atoms with Gasteiger partial charge in [0.2, 0.25) is 0 Å². The van der Waals surface area contributed by atoms with Crippen LogP contribution in [0.3, 0.4) is 0 Å². The first-order valence-corrected chi connectivity index (χ1v) is 6.31. The highest BCUT2D eigenvalue weighted by Crippen LogP contribution is 2.04. The van der Waals surface area contributed by atoms with Crippen LogP contribution in [0.2, 0.25) is 0 Å². The zero-order valence-corrected chi connectivity index (χ0v) is 13.3. The fraction of sp³-hybridized carbons (Fsp3) is 0.636. The highest BCUT2D eigenvalue weighted by atomic mass is 35.5. The van der Waals surface area contributed by atoms with Crippen LogP contribution in [0.25, 0.3) is 0 Å². The number of carboxylic acids is 4. The molecule has 0 rings (SSSR count). The van der Waals surface area contributed by atoms with Crippen LogP contribution in [-0.2, 0) is 24.0 Å². The summed E-state index contributed by atoms with van der Waals surface area (Å²) >= 11 is 0. The zero-order chi connectivity index (χ0) is 18.0. The lowest BCUT2D eigenvalue weighted by Gasteiger charge is -2.32. The lowest BCUT2D eigenvalue weighted by molar-refractivity contribution is -0.147. The molecule has 0 heterocycles. The Balaban J connectivity index is 0. The fourth-order valence-electron chi connectivity index (χ4n) is 1.91. The Morgan fingerprint density at radius 3 is 1.50 bits per heavy atom. The number of halogens is 1. The van der Waals surface area contributed by atoms with E-state index in [9.17, 15) is 19.2 Å². The Bertz CT molecular complexity index is 416. The molecule has 13 heteroatoms. The molecule has 0 aromatic rings. The Hall–Kier alpha value is -1.99. The summed E-state index contributed by atoms with van der Waals surface area (Å²) in [4.78, 5) is 49.6. The van der Waals surface area contributed by atoms with E-state index in [4.69, 9.17) is 26.3 Å². The van der Waals surface area contributed by atoms with Crippen LogP contribution in [0.15, 0.2) is 0 Å². The van der Waals surface area contributed by atoms with Gasteiger partial charge in [-0.05, 0) is 0 Å². The van der Waals surface area contributed by atoms with Crippen LogP contribution in [0.4, 0.5) is 0 Å². The van der Waals surface area contributed by atoms with Crippen molar-refractivity contribution in [3.05, 3.63) is 0 Å². The maximum atomic E-state index is 10.8. The summed E-state index contributed by atoms with van der Waals surface area (Å²) in [5, 5.41) is 35.2. The van der Waals surface area contributed by atoms with E-state index in [0.29, 0.717) is 0 Å². The first-order chi connectivity index (χ1) is 10.6. The van der Waals surface area contributed by atoms with Gasteiger partial charge in [0.1, 0.15) is 0 Å². The van der Waals surface area contributed by atoms with Crippen molar-refractivity contribution < 1.29 is 44.4 Å². The first kappa shape index (κ1) is 24.3. The third-order valence-corrected chi connectivity index (χ3v) is 2.67. The van der Waals surface area contributed by atoms with Crippen LogP contribution >= 0.6 is 12.4 Å². The van der Waals surface area contributed by atoms with Crippen LogP contribution in [-0.4, -0.2) is 99.5 Å². The molecule has 1 unspecified atom stereocenters. The van der Waals surface area contributed by atoms with Gasteiger partial charge in [-0.25, -0.2) is 5.90 Å². The van der Waals surface area contributed by atoms with E-state index in [0.717, 1.165) is 9.80 Å². The van der Waals surface area contributed by atoms with E-state index >= 15 is 0 Å². The van der Waals surface area contributed by atoms with Gasteiger partial charge in [0.25, 0.3) is 0 Å². The molecule has 0 saturated carbocycles. The van der Waals surface area contributed by atoms with Crippen LogP contribution in [0.1, 0.15) is 0 Å². The molecule has 0 aromatic heterocycles. The summed E-state index contributed by atoms with van der Waals surface area (Å²) in [6.45, 7) is -3.13. The van der Waals surface area contributed by atoms with Crippen molar-refractivity contribution >= 4 is 36.3 Å². The second kappa shape index (κ2) is 12.4. The molecule has 0 spiro atoms. The Morgan fingerprint density at radius 2 is 1.21 bits per heavy atom. The maximum absolute atomic E-state index is 10.8. The average Bonchev–Trinajstić information content (AvgIpc) is 2.34. The summed E-state index contributed by atoms with van der Waals surface area (Å²) in [5.41, 5.74) is 0. The van der Waals surface area contributed by atoms with Gasteiger partial charge in [0.15, 0.2) is 0 Å². The minimum absolute atomic E-state index is 0. The predicted molar refractivity (Wildman–Crippen MR) is 79.7 cm³/mol. The topological polar surface area (TPSA) is 191 Å². The highest BCUT2D eigenvalue weighted by Gasteiger charge is 2.27. The van der Waals surface area contributed by atoms with Gasteiger partial charge < -0.3 is 25.3 Å². The van der Waals surface area contributed by atoms with Gasteiger partial charge in [0.05, 0.1) is 32.8 Å². The Morgan fingerprint density at radius 1 is 0.833 bits per heavy atom. The SMILES string of the molecule is Cl.NOCC(CN(CC(=O)O)CC(=O)O)N(CC(=O)O)CC(=O)O. The van der Waals surface area contributed by atoms with Gasteiger partial charge in [-0.1, -0.05) is 0 Å². The van der Waals surface area contributed by atoms with Crippen LogP contribution in [0.5, 0.6) is 0 Å². The third-order valence-electron chi connectivity index (χ3n) is 2.67. The van der Waals surface area contributed by atoms with E-state index in [2.05, 4.69) is 4.84 Å². The van der Waals surface area contributed by atoms with E-state index in [1.54, 1.807) is 0 Å². The standard InChI is InChI=1S/C11H19N3O9.ClH/c12-23-6-7(14(4-10(19)20)5-11(21)22)1-13(2-8(15)16)3-9(17)18;/h7H,1-6,12H2,(H,15,16)(H,17,18)(H,19,20)(H,21,22);1H. The number of carboxylic acid groups (broad SMARTS) is 4. The molecular formula is C11H20ClN3O9. The summed E-state index contributed by atoms with van der Waals surface area (Å²) in [6, 6.07) is -0.925. The van der Waals surface area contributed by atoms with Crippen molar-refractivity contribution in [2.75, 3.05) is 39.3 Å². The Kier molecular flexibility index (Phi) is 12.6. The van der Waals surface area contributed by atoms with Crippen LogP contribution < -0.4 is 5.90 Å². The lowest BCUT2D eigenvalue weighted by atomic mass is 10.2. The molecule has 1 atom stereocenters. The molecular weight excluding hydrogens is 354 g/mol. The summed E-state index contributed by atoms with van der Waals surface area (Å²) in [7, 11) is 0. The van der Waals surface area contributed by atoms with Crippen molar-refractivity contribution in [3.63, 3.8) is 0 Å². The molecule has 0 aliphatic heterocycles. The summed E-state index contributed by atoms with van der Waals surface area (Å²) in [6.07, 6.45) is 0. The van der Waals surface area contributed by atoms with Gasteiger partial charge in [-0.2, -0.15) is 0 Å². The minimum atomic E-state index is -1.31. The maximum Gasteiger partial charge on any atom is 0.317 e. The number of hydrogen-bond acceptors (Lipinski definition) is 8. The fourth-order valence-corrected chi connectivity index (χ4v) is 1.91. The molecule has 12 nitrogen and oxygen atoms in total. The molecule has 0 radical (unpaired) electrons. The highest BCUT2D eigenvalue weighted by molar-refractivity contribution is 5.85. The van der Waals surface area contributed by atoms with Gasteiger partial charge in [-0.3, -0.25) is 29.0 Å². The minimum Gasteiger partial charge on any atom is -0.480 e. The smallest absolute Gasteiger partial charge is 0.317 e. The van der Waals surface area contributed by atoms with Crippen molar-refractivity contribution in [3.8, 4) is 0 Å². The predicted octanol–water partition coefficient (Wildman–Crippen LogP) is -2.39. The van der Waals surface area contributed by atoms with Crippen molar-refractivity contribution in [2.24, 2.45) is 5.90 Å². The molecule has 140 valence electrons. The Labute approximate surface area is 142 Å². The van der Waals surface area contributed by atoms with E-state index < -0.39 is 56.1 Å². The van der Waals surface area contributed by atoms with E-state index in [-0.39, 0.29) is 25.6 Å². The van der Waals surface area contributed by atoms with Crippen LogP contribution in [0, 0.1) is 0 Å². The second-order valence-corrected chi connectivity index (χ2v) is 4.64. The molecule has 0 saturated heterocycles. The number of hydrogen-bond donors (Lipinski definition) is 5. The number of nitrogens with two attached hydrogens (primary N) is 1.